The van der Waals surface area contributed by atoms with E-state index in [0.717, 1.165) is 24.8 Å². The van der Waals surface area contributed by atoms with E-state index in [1.54, 1.807) is 6.07 Å². The Hall–Kier alpha value is -1.10. The second-order valence-electron chi connectivity index (χ2n) is 5.00. The zero-order valence-corrected chi connectivity index (χ0v) is 13.7. The average Bonchev–Trinajstić information content (AvgIpc) is 2.89. The lowest BCUT2D eigenvalue weighted by Gasteiger charge is -2.11. The Kier molecular flexibility index (Phi) is 6.03. The third kappa shape index (κ3) is 4.70. The Labute approximate surface area is 134 Å². The first-order chi connectivity index (χ1) is 10.1. The van der Waals surface area contributed by atoms with Crippen molar-refractivity contribution in [3.8, 4) is 0 Å². The third-order valence-electron chi connectivity index (χ3n) is 3.34. The highest BCUT2D eigenvalue weighted by Gasteiger charge is 2.13. The first-order valence-electron chi connectivity index (χ1n) is 7.05. The highest BCUT2D eigenvalue weighted by atomic mass is 35.5. The maximum atomic E-state index is 6.15. The lowest BCUT2D eigenvalue weighted by Crippen LogP contribution is -2.27. The van der Waals surface area contributed by atoms with Crippen LogP contribution in [0.3, 0.4) is 0 Å². The Bertz CT molecular complexity index is 586. The number of nitrogens with one attached hydrogen (secondary N) is 1. The number of nitrogens with zero attached hydrogens (tertiary/aromatic N) is 2. The fourth-order valence-electron chi connectivity index (χ4n) is 2.19. The molecule has 4 nitrogen and oxygen atoms in total. The van der Waals surface area contributed by atoms with Crippen molar-refractivity contribution in [2.75, 3.05) is 7.05 Å². The Morgan fingerprint density at radius 3 is 2.81 bits per heavy atom. The SMILES string of the molecule is CCCC(Cc1nc(Cc2ccc(Cl)cc2Cl)no1)NC. The molecule has 1 unspecified atom stereocenters. The zero-order chi connectivity index (χ0) is 15.2. The predicted octanol–water partition coefficient (Wildman–Crippen LogP) is 3.90. The molecule has 21 heavy (non-hydrogen) atoms. The summed E-state index contributed by atoms with van der Waals surface area (Å²) in [6, 6.07) is 5.77. The summed E-state index contributed by atoms with van der Waals surface area (Å²) in [5.41, 5.74) is 0.937. The summed E-state index contributed by atoms with van der Waals surface area (Å²) in [6.45, 7) is 2.16. The van der Waals surface area contributed by atoms with Gasteiger partial charge in [-0.2, -0.15) is 4.98 Å². The summed E-state index contributed by atoms with van der Waals surface area (Å²) in [5.74, 6) is 1.29. The van der Waals surface area contributed by atoms with Crippen molar-refractivity contribution in [2.45, 2.75) is 38.6 Å². The monoisotopic (exact) mass is 327 g/mol. The van der Waals surface area contributed by atoms with Crippen molar-refractivity contribution in [3.63, 3.8) is 0 Å². The van der Waals surface area contributed by atoms with E-state index < -0.39 is 0 Å². The molecule has 1 aromatic carbocycles. The Morgan fingerprint density at radius 1 is 1.33 bits per heavy atom. The topological polar surface area (TPSA) is 51.0 Å². The molecule has 0 spiro atoms. The van der Waals surface area contributed by atoms with E-state index in [9.17, 15) is 0 Å². The normalized spacial score (nSPS) is 12.6. The van der Waals surface area contributed by atoms with Crippen LogP contribution in [0.5, 0.6) is 0 Å². The summed E-state index contributed by atoms with van der Waals surface area (Å²) >= 11 is 12.0. The minimum atomic E-state index is 0.363. The molecule has 6 heteroatoms. The van der Waals surface area contributed by atoms with Crippen molar-refractivity contribution in [1.29, 1.82) is 0 Å². The van der Waals surface area contributed by atoms with Crippen LogP contribution in [0.2, 0.25) is 10.0 Å². The molecular formula is C15H19Cl2N3O. The number of aromatic nitrogens is 2. The molecule has 0 fully saturated rings. The molecule has 1 atom stereocenters. The fraction of sp³-hybridized carbons (Fsp3) is 0.467. The molecule has 1 aromatic heterocycles. The van der Waals surface area contributed by atoms with Crippen molar-refractivity contribution in [1.82, 2.24) is 15.5 Å². The standard InChI is InChI=1S/C15H19Cl2N3O/c1-3-4-12(18-2)9-15-19-14(20-21-15)7-10-5-6-11(16)8-13(10)17/h5-6,8,12,18H,3-4,7,9H2,1-2H3. The Balaban J connectivity index is 2.02. The molecule has 0 amide bonds. The Morgan fingerprint density at radius 2 is 2.14 bits per heavy atom. The van der Waals surface area contributed by atoms with E-state index in [1.807, 2.05) is 19.2 Å². The number of hydrogen-bond acceptors (Lipinski definition) is 4. The zero-order valence-electron chi connectivity index (χ0n) is 12.2. The van der Waals surface area contributed by atoms with Gasteiger partial charge in [-0.3, -0.25) is 0 Å². The van der Waals surface area contributed by atoms with Gasteiger partial charge < -0.3 is 9.84 Å². The van der Waals surface area contributed by atoms with E-state index in [4.69, 9.17) is 27.7 Å². The fourth-order valence-corrected chi connectivity index (χ4v) is 2.66. The smallest absolute Gasteiger partial charge is 0.228 e. The molecule has 1 N–H and O–H groups in total. The quantitative estimate of drug-likeness (QED) is 0.837. The van der Waals surface area contributed by atoms with Crippen LogP contribution in [0.4, 0.5) is 0 Å². The maximum Gasteiger partial charge on any atom is 0.228 e. The van der Waals surface area contributed by atoms with Crippen LogP contribution in [0.1, 0.15) is 37.0 Å². The summed E-state index contributed by atoms with van der Waals surface area (Å²) in [5, 5.41) is 8.52. The van der Waals surface area contributed by atoms with Gasteiger partial charge in [-0.1, -0.05) is 47.8 Å². The predicted molar refractivity (Wildman–Crippen MR) is 85.0 cm³/mol. The molecule has 0 saturated heterocycles. The average molecular weight is 328 g/mol. The van der Waals surface area contributed by atoms with E-state index in [0.29, 0.717) is 34.2 Å². The first kappa shape index (κ1) is 16.3. The van der Waals surface area contributed by atoms with Gasteiger partial charge in [-0.05, 0) is 31.2 Å². The molecule has 2 rings (SSSR count). The number of likely N-dealkylation sites (N-methyl/N-ethyl adjacent to an activating group) is 1. The molecule has 2 aromatic rings. The lowest BCUT2D eigenvalue weighted by atomic mass is 10.1. The van der Waals surface area contributed by atoms with Crippen LogP contribution in [0.15, 0.2) is 22.7 Å². The molecule has 0 radical (unpaired) electrons. The highest BCUT2D eigenvalue weighted by molar-refractivity contribution is 6.35. The second kappa shape index (κ2) is 7.78. The minimum absolute atomic E-state index is 0.363. The molecule has 114 valence electrons. The van der Waals surface area contributed by atoms with Crippen LogP contribution in [-0.4, -0.2) is 23.2 Å². The van der Waals surface area contributed by atoms with Gasteiger partial charge in [0, 0.05) is 28.9 Å². The summed E-state index contributed by atoms with van der Waals surface area (Å²) in [6.07, 6.45) is 3.48. The van der Waals surface area contributed by atoms with Gasteiger partial charge in [0.05, 0.1) is 0 Å². The van der Waals surface area contributed by atoms with Crippen LogP contribution in [0, 0.1) is 0 Å². The van der Waals surface area contributed by atoms with Crippen LogP contribution < -0.4 is 5.32 Å². The largest absolute Gasteiger partial charge is 0.339 e. The molecule has 0 saturated carbocycles. The van der Waals surface area contributed by atoms with Crippen LogP contribution in [0.25, 0.3) is 0 Å². The van der Waals surface area contributed by atoms with E-state index in [2.05, 4.69) is 22.4 Å². The van der Waals surface area contributed by atoms with Crippen molar-refractivity contribution in [3.05, 3.63) is 45.5 Å². The third-order valence-corrected chi connectivity index (χ3v) is 3.93. The van der Waals surface area contributed by atoms with Gasteiger partial charge in [0.2, 0.25) is 5.89 Å². The van der Waals surface area contributed by atoms with Gasteiger partial charge in [-0.15, -0.1) is 0 Å². The lowest BCUT2D eigenvalue weighted by molar-refractivity contribution is 0.352. The number of hydrogen-bond donors (Lipinski definition) is 1. The number of halogens is 2. The van der Waals surface area contributed by atoms with Gasteiger partial charge in [0.1, 0.15) is 0 Å². The number of rotatable bonds is 7. The second-order valence-corrected chi connectivity index (χ2v) is 5.84. The molecule has 0 aliphatic heterocycles. The summed E-state index contributed by atoms with van der Waals surface area (Å²) in [7, 11) is 1.95. The minimum Gasteiger partial charge on any atom is -0.339 e. The van der Waals surface area contributed by atoms with Crippen molar-refractivity contribution in [2.24, 2.45) is 0 Å². The van der Waals surface area contributed by atoms with Crippen molar-refractivity contribution < 1.29 is 4.52 Å². The highest BCUT2D eigenvalue weighted by Crippen LogP contribution is 2.22. The van der Waals surface area contributed by atoms with Gasteiger partial charge in [0.25, 0.3) is 0 Å². The molecule has 0 aliphatic rings. The molecule has 1 heterocycles. The summed E-state index contributed by atoms with van der Waals surface area (Å²) < 4.78 is 5.31. The van der Waals surface area contributed by atoms with E-state index in [-0.39, 0.29) is 0 Å². The van der Waals surface area contributed by atoms with Crippen molar-refractivity contribution >= 4 is 23.2 Å². The molecule has 0 bridgehead atoms. The van der Waals surface area contributed by atoms with Gasteiger partial charge >= 0.3 is 0 Å². The molecular weight excluding hydrogens is 309 g/mol. The van der Waals surface area contributed by atoms with Crippen LogP contribution >= 0.6 is 23.2 Å². The molecule has 0 aliphatic carbocycles. The van der Waals surface area contributed by atoms with E-state index in [1.165, 1.54) is 0 Å². The first-order valence-corrected chi connectivity index (χ1v) is 7.80. The van der Waals surface area contributed by atoms with Gasteiger partial charge in [0.15, 0.2) is 5.82 Å². The van der Waals surface area contributed by atoms with Gasteiger partial charge in [-0.25, -0.2) is 0 Å². The van der Waals surface area contributed by atoms with Crippen LogP contribution in [-0.2, 0) is 12.8 Å². The summed E-state index contributed by atoms with van der Waals surface area (Å²) in [4.78, 5) is 4.43. The maximum absolute atomic E-state index is 6.15. The number of benzene rings is 1. The van der Waals surface area contributed by atoms with E-state index >= 15 is 0 Å².